The molecule has 1 heterocycles. The maximum Gasteiger partial charge on any atom is 0.371 e. The number of hydrogen-bond donors (Lipinski definition) is 3. The molecular formula is C19H20N2O4S. The monoisotopic (exact) mass is 372 g/mol. The summed E-state index contributed by atoms with van der Waals surface area (Å²) >= 11 is 5.24. The Morgan fingerprint density at radius 2 is 1.88 bits per heavy atom. The van der Waals surface area contributed by atoms with Gasteiger partial charge in [-0.25, -0.2) is 4.79 Å². The zero-order valence-electron chi connectivity index (χ0n) is 14.2. The van der Waals surface area contributed by atoms with Gasteiger partial charge in [-0.15, -0.1) is 0 Å². The van der Waals surface area contributed by atoms with Crippen LogP contribution < -0.4 is 10.6 Å². The molecule has 136 valence electrons. The lowest BCUT2D eigenvalue weighted by atomic mass is 9.89. The fourth-order valence-corrected chi connectivity index (χ4v) is 3.32. The first kappa shape index (κ1) is 18.1. The van der Waals surface area contributed by atoms with Crippen LogP contribution in [0.5, 0.6) is 0 Å². The van der Waals surface area contributed by atoms with E-state index >= 15 is 0 Å². The molecule has 1 saturated carbocycles. The summed E-state index contributed by atoms with van der Waals surface area (Å²) in [5, 5.41) is 14.9. The van der Waals surface area contributed by atoms with Crippen molar-refractivity contribution in [2.75, 3.05) is 5.32 Å². The third-order valence-corrected chi connectivity index (χ3v) is 4.64. The Morgan fingerprint density at radius 1 is 1.12 bits per heavy atom. The van der Waals surface area contributed by atoms with E-state index in [1.54, 1.807) is 24.3 Å². The summed E-state index contributed by atoms with van der Waals surface area (Å²) in [6, 6.07) is 10.2. The zero-order chi connectivity index (χ0) is 18.5. The molecule has 0 bridgehead atoms. The summed E-state index contributed by atoms with van der Waals surface area (Å²) in [6.45, 7) is 0. The van der Waals surface area contributed by atoms with Gasteiger partial charge in [0.25, 0.3) is 0 Å². The number of carbonyl (C=O) groups excluding carboxylic acids is 1. The van der Waals surface area contributed by atoms with Crippen molar-refractivity contribution in [3.63, 3.8) is 0 Å². The van der Waals surface area contributed by atoms with Crippen LogP contribution in [0.25, 0.3) is 11.3 Å². The van der Waals surface area contributed by atoms with Crippen molar-refractivity contribution in [1.29, 1.82) is 0 Å². The van der Waals surface area contributed by atoms with Crippen LogP contribution in [0.1, 0.15) is 42.7 Å². The number of hydrogen-bond acceptors (Lipinski definition) is 4. The van der Waals surface area contributed by atoms with Crippen LogP contribution in [0.15, 0.2) is 40.8 Å². The number of rotatable bonds is 4. The zero-order valence-corrected chi connectivity index (χ0v) is 15.0. The first-order valence-corrected chi connectivity index (χ1v) is 8.99. The van der Waals surface area contributed by atoms with Gasteiger partial charge in [0.15, 0.2) is 5.11 Å². The van der Waals surface area contributed by atoms with Crippen LogP contribution in [-0.2, 0) is 4.79 Å². The second-order valence-corrected chi connectivity index (χ2v) is 6.74. The summed E-state index contributed by atoms with van der Waals surface area (Å²) in [5.41, 5.74) is 1.40. The molecule has 0 spiro atoms. The second-order valence-electron chi connectivity index (χ2n) is 6.33. The number of benzene rings is 1. The molecule has 6 nitrogen and oxygen atoms in total. The van der Waals surface area contributed by atoms with Crippen LogP contribution in [0, 0.1) is 5.92 Å². The van der Waals surface area contributed by atoms with E-state index in [0.717, 1.165) is 25.7 Å². The molecule has 7 heteroatoms. The van der Waals surface area contributed by atoms with E-state index in [9.17, 15) is 9.59 Å². The summed E-state index contributed by atoms with van der Waals surface area (Å²) in [7, 11) is 0. The fourth-order valence-electron chi connectivity index (χ4n) is 3.10. The largest absolute Gasteiger partial charge is 0.475 e. The molecule has 0 radical (unpaired) electrons. The topological polar surface area (TPSA) is 91.6 Å². The third-order valence-electron chi connectivity index (χ3n) is 4.43. The maximum atomic E-state index is 12.2. The van der Waals surface area contributed by atoms with Crippen molar-refractivity contribution < 1.29 is 19.1 Å². The maximum absolute atomic E-state index is 12.2. The van der Waals surface area contributed by atoms with Gasteiger partial charge in [-0.3, -0.25) is 4.79 Å². The van der Waals surface area contributed by atoms with Crippen molar-refractivity contribution in [1.82, 2.24) is 5.32 Å². The minimum absolute atomic E-state index is 0.0320. The number of carboxylic acids is 1. The second kappa shape index (κ2) is 8.14. The van der Waals surface area contributed by atoms with E-state index in [1.807, 2.05) is 6.07 Å². The smallest absolute Gasteiger partial charge is 0.371 e. The minimum Gasteiger partial charge on any atom is -0.475 e. The normalized spacial score (nSPS) is 14.6. The molecule has 0 saturated heterocycles. The number of carboxylic acid groups (broad SMARTS) is 1. The van der Waals surface area contributed by atoms with Gasteiger partial charge in [0.05, 0.1) is 0 Å². The molecule has 1 aromatic carbocycles. The first-order valence-electron chi connectivity index (χ1n) is 8.58. The average molecular weight is 372 g/mol. The number of amides is 1. The van der Waals surface area contributed by atoms with Crippen LogP contribution in [0.4, 0.5) is 5.69 Å². The van der Waals surface area contributed by atoms with Crippen molar-refractivity contribution in [2.45, 2.75) is 32.1 Å². The van der Waals surface area contributed by atoms with Gasteiger partial charge >= 0.3 is 5.97 Å². The van der Waals surface area contributed by atoms with Crippen molar-refractivity contribution >= 4 is 34.9 Å². The van der Waals surface area contributed by atoms with E-state index in [1.165, 1.54) is 12.5 Å². The predicted octanol–water partition coefficient (Wildman–Crippen LogP) is 4.04. The van der Waals surface area contributed by atoms with Gasteiger partial charge in [0, 0.05) is 17.2 Å². The standard InChI is InChI=1S/C19H20N2O4S/c22-17(12-5-2-1-3-6-12)21-19(26)20-14-8-4-7-13(11-14)15-9-10-16(25-15)18(23)24/h4,7-12H,1-3,5-6H2,(H,23,24)(H2,20,21,22,26). The van der Waals surface area contributed by atoms with Crippen LogP contribution in [0.3, 0.4) is 0 Å². The molecule has 26 heavy (non-hydrogen) atoms. The molecule has 1 aliphatic carbocycles. The van der Waals surface area contributed by atoms with Crippen molar-refractivity contribution in [3.8, 4) is 11.3 Å². The molecule has 1 aliphatic rings. The highest BCUT2D eigenvalue weighted by atomic mass is 32.1. The Bertz CT molecular complexity index is 824. The number of anilines is 1. The molecule has 0 aliphatic heterocycles. The summed E-state index contributed by atoms with van der Waals surface area (Å²) in [4.78, 5) is 23.2. The lowest BCUT2D eigenvalue weighted by Crippen LogP contribution is -2.38. The highest BCUT2D eigenvalue weighted by Gasteiger charge is 2.21. The van der Waals surface area contributed by atoms with Crippen molar-refractivity contribution in [3.05, 3.63) is 42.2 Å². The van der Waals surface area contributed by atoms with Gasteiger partial charge in [0.2, 0.25) is 11.7 Å². The van der Waals surface area contributed by atoms with Crippen LogP contribution in [0.2, 0.25) is 0 Å². The minimum atomic E-state index is -1.11. The molecule has 1 amide bonds. The summed E-state index contributed by atoms with van der Waals surface area (Å²) < 4.78 is 5.31. The quantitative estimate of drug-likeness (QED) is 0.702. The molecule has 1 fully saturated rings. The van der Waals surface area contributed by atoms with Crippen molar-refractivity contribution in [2.24, 2.45) is 5.92 Å². The number of nitrogens with one attached hydrogen (secondary N) is 2. The number of thiocarbonyl (C=S) groups is 1. The Kier molecular flexibility index (Phi) is 5.68. The first-order chi connectivity index (χ1) is 12.5. The van der Waals surface area contributed by atoms with E-state index in [-0.39, 0.29) is 22.7 Å². The lowest BCUT2D eigenvalue weighted by molar-refractivity contribution is -0.124. The lowest BCUT2D eigenvalue weighted by Gasteiger charge is -2.21. The Balaban J connectivity index is 1.63. The molecule has 1 aromatic heterocycles. The summed E-state index contributed by atoms with van der Waals surface area (Å²) in [6.07, 6.45) is 5.18. The van der Waals surface area contributed by atoms with Gasteiger partial charge < -0.3 is 20.2 Å². The van der Waals surface area contributed by atoms with E-state index in [2.05, 4.69) is 10.6 Å². The number of aromatic carboxylic acids is 1. The highest BCUT2D eigenvalue weighted by molar-refractivity contribution is 7.80. The van der Waals surface area contributed by atoms with E-state index in [4.69, 9.17) is 21.7 Å². The molecule has 2 aromatic rings. The van der Waals surface area contributed by atoms with E-state index < -0.39 is 5.97 Å². The molecule has 0 unspecified atom stereocenters. The van der Waals surface area contributed by atoms with Gasteiger partial charge in [0.1, 0.15) is 5.76 Å². The van der Waals surface area contributed by atoms with Gasteiger partial charge in [-0.05, 0) is 49.3 Å². The third kappa shape index (κ3) is 4.49. The molecule has 3 rings (SSSR count). The Labute approximate surface area is 156 Å². The van der Waals surface area contributed by atoms with Gasteiger partial charge in [-0.2, -0.15) is 0 Å². The summed E-state index contributed by atoms with van der Waals surface area (Å²) in [5.74, 6) is -0.781. The number of furan rings is 1. The Hall–Kier alpha value is -2.67. The SMILES string of the molecule is O=C(O)c1ccc(-c2cccc(NC(=S)NC(=O)C3CCCCC3)c2)o1. The molecule has 0 atom stereocenters. The molecule has 3 N–H and O–H groups in total. The van der Waals surface area contributed by atoms with Crippen LogP contribution >= 0.6 is 12.2 Å². The average Bonchev–Trinajstić information content (AvgIpc) is 3.13. The predicted molar refractivity (Wildman–Crippen MR) is 102 cm³/mol. The molecular weight excluding hydrogens is 352 g/mol. The number of carbonyl (C=O) groups is 2. The van der Waals surface area contributed by atoms with Gasteiger partial charge in [-0.1, -0.05) is 31.4 Å². The highest BCUT2D eigenvalue weighted by Crippen LogP contribution is 2.25. The van der Waals surface area contributed by atoms with Crippen LogP contribution in [-0.4, -0.2) is 22.1 Å². The fraction of sp³-hybridized carbons (Fsp3) is 0.316. The van der Waals surface area contributed by atoms with E-state index in [0.29, 0.717) is 17.0 Å². The Morgan fingerprint density at radius 3 is 2.58 bits per heavy atom.